The number of carbonyl (C=O) groups is 1. The molecule has 1 heterocycles. The van der Waals surface area contributed by atoms with Crippen molar-refractivity contribution in [2.24, 2.45) is 0 Å². The van der Waals surface area contributed by atoms with E-state index in [-0.39, 0.29) is 23.0 Å². The summed E-state index contributed by atoms with van der Waals surface area (Å²) >= 11 is 1.19. The minimum atomic E-state index is -0.526. The minimum Gasteiger partial charge on any atom is -0.320 e. The second-order valence-electron chi connectivity index (χ2n) is 6.61. The molecule has 0 bridgehead atoms. The number of nitro groups is 1. The number of hydrogen-bond acceptors (Lipinski definition) is 7. The molecule has 0 fully saturated rings. The molecule has 9 nitrogen and oxygen atoms in total. The molecule has 0 atom stereocenters. The van der Waals surface area contributed by atoms with Gasteiger partial charge in [0.15, 0.2) is 0 Å². The summed E-state index contributed by atoms with van der Waals surface area (Å²) in [6.45, 7) is 0. The fraction of sp³-hybridized carbons (Fsp3) is 0.263. The highest BCUT2D eigenvalue weighted by atomic mass is 32.2. The van der Waals surface area contributed by atoms with Gasteiger partial charge in [0.05, 0.1) is 16.4 Å². The quantitative estimate of drug-likeness (QED) is 0.377. The number of nitro benzene ring substituents is 1. The summed E-state index contributed by atoms with van der Waals surface area (Å²) in [4.78, 5) is 22.9. The summed E-state index contributed by atoms with van der Waals surface area (Å²) in [6.07, 6.45) is 4.34. The van der Waals surface area contributed by atoms with Crippen LogP contribution < -0.4 is 5.32 Å². The summed E-state index contributed by atoms with van der Waals surface area (Å²) in [5, 5.41) is 26.1. The van der Waals surface area contributed by atoms with Crippen LogP contribution in [0.4, 0.5) is 11.4 Å². The van der Waals surface area contributed by atoms with E-state index in [4.69, 9.17) is 0 Å². The lowest BCUT2D eigenvalue weighted by molar-refractivity contribution is -0.383. The Morgan fingerprint density at radius 3 is 2.86 bits per heavy atom. The predicted molar refractivity (Wildman–Crippen MR) is 108 cm³/mol. The molecule has 0 saturated heterocycles. The number of aryl methyl sites for hydroxylation is 1. The lowest BCUT2D eigenvalue weighted by atomic mass is 9.90. The van der Waals surface area contributed by atoms with Crippen molar-refractivity contribution in [3.05, 3.63) is 63.7 Å². The Morgan fingerprint density at radius 1 is 1.17 bits per heavy atom. The van der Waals surface area contributed by atoms with E-state index in [0.717, 1.165) is 24.9 Å². The first-order chi connectivity index (χ1) is 14.1. The van der Waals surface area contributed by atoms with E-state index in [1.807, 2.05) is 12.1 Å². The maximum Gasteiger partial charge on any atom is 0.292 e. The van der Waals surface area contributed by atoms with Crippen LogP contribution in [0.25, 0.3) is 5.69 Å². The fourth-order valence-electron chi connectivity index (χ4n) is 3.43. The van der Waals surface area contributed by atoms with Gasteiger partial charge in [-0.25, -0.2) is 0 Å². The van der Waals surface area contributed by atoms with E-state index in [1.165, 1.54) is 41.4 Å². The van der Waals surface area contributed by atoms with Gasteiger partial charge in [-0.05, 0) is 59.4 Å². The highest BCUT2D eigenvalue weighted by Gasteiger charge is 2.19. The number of fused-ring (bicyclic) bond motifs is 1. The van der Waals surface area contributed by atoms with Crippen LogP contribution in [0.1, 0.15) is 24.0 Å². The molecule has 148 valence electrons. The number of anilines is 1. The normalized spacial score (nSPS) is 13.0. The van der Waals surface area contributed by atoms with Crippen LogP contribution in [0, 0.1) is 10.1 Å². The second kappa shape index (κ2) is 8.39. The van der Waals surface area contributed by atoms with Gasteiger partial charge in [-0.2, -0.15) is 4.68 Å². The lowest BCUT2D eigenvalue weighted by Gasteiger charge is -2.19. The van der Waals surface area contributed by atoms with Gasteiger partial charge >= 0.3 is 0 Å². The van der Waals surface area contributed by atoms with Gasteiger partial charge in [-0.15, -0.1) is 5.10 Å². The van der Waals surface area contributed by atoms with Crippen molar-refractivity contribution in [1.29, 1.82) is 0 Å². The number of amides is 1. The second-order valence-corrected chi connectivity index (χ2v) is 7.55. The molecule has 3 aromatic rings. The first-order valence-electron chi connectivity index (χ1n) is 9.19. The third-order valence-electron chi connectivity index (χ3n) is 4.75. The Kier molecular flexibility index (Phi) is 5.52. The molecular weight excluding hydrogens is 392 g/mol. The Labute approximate surface area is 170 Å². The molecule has 1 aliphatic rings. The van der Waals surface area contributed by atoms with E-state index in [0.29, 0.717) is 5.16 Å². The summed E-state index contributed by atoms with van der Waals surface area (Å²) < 4.78 is 1.66. The van der Waals surface area contributed by atoms with Crippen LogP contribution in [-0.2, 0) is 17.6 Å². The number of benzene rings is 2. The number of aromatic nitrogens is 4. The fourth-order valence-corrected chi connectivity index (χ4v) is 4.12. The SMILES string of the molecule is O=C(CSc1nnnn1-c1cccc2c1CCCC2)Nc1ccccc1[N+](=O)[O-]. The molecule has 1 aliphatic carbocycles. The van der Waals surface area contributed by atoms with Crippen LogP contribution in [0.5, 0.6) is 0 Å². The van der Waals surface area contributed by atoms with Crippen LogP contribution >= 0.6 is 11.8 Å². The standard InChI is InChI=1S/C19H18N6O3S/c26-18(20-15-9-3-4-10-17(15)25(27)28)12-29-19-21-22-23-24(19)16-11-5-7-13-6-1-2-8-14(13)16/h3-5,7,9-11H,1-2,6,8,12H2,(H,20,26). The smallest absolute Gasteiger partial charge is 0.292 e. The van der Waals surface area contributed by atoms with Crippen molar-refractivity contribution < 1.29 is 9.72 Å². The first-order valence-corrected chi connectivity index (χ1v) is 10.2. The van der Waals surface area contributed by atoms with Crippen molar-refractivity contribution in [3.8, 4) is 5.69 Å². The zero-order chi connectivity index (χ0) is 20.2. The van der Waals surface area contributed by atoms with Gasteiger partial charge in [-0.3, -0.25) is 14.9 Å². The number of nitrogens with one attached hydrogen (secondary N) is 1. The number of carbonyl (C=O) groups excluding carboxylic acids is 1. The maximum atomic E-state index is 12.3. The van der Waals surface area contributed by atoms with Crippen LogP contribution in [-0.4, -0.2) is 36.8 Å². The van der Waals surface area contributed by atoms with E-state index >= 15 is 0 Å². The van der Waals surface area contributed by atoms with Crippen molar-refractivity contribution in [2.45, 2.75) is 30.8 Å². The van der Waals surface area contributed by atoms with Crippen molar-refractivity contribution in [3.63, 3.8) is 0 Å². The monoisotopic (exact) mass is 410 g/mol. The van der Waals surface area contributed by atoms with Crippen LogP contribution in [0.2, 0.25) is 0 Å². The molecule has 0 radical (unpaired) electrons. The predicted octanol–water partition coefficient (Wildman–Crippen LogP) is 3.18. The van der Waals surface area contributed by atoms with Gasteiger partial charge < -0.3 is 5.32 Å². The largest absolute Gasteiger partial charge is 0.320 e. The average Bonchev–Trinajstić information content (AvgIpc) is 3.20. The summed E-state index contributed by atoms with van der Waals surface area (Å²) in [5.41, 5.74) is 3.52. The van der Waals surface area contributed by atoms with E-state index in [9.17, 15) is 14.9 Å². The van der Waals surface area contributed by atoms with Gasteiger partial charge in [0.2, 0.25) is 11.1 Å². The molecule has 1 aromatic heterocycles. The Bertz CT molecular complexity index is 1070. The van der Waals surface area contributed by atoms with E-state index in [1.54, 1.807) is 16.8 Å². The molecule has 10 heteroatoms. The van der Waals surface area contributed by atoms with E-state index < -0.39 is 4.92 Å². The third-order valence-corrected chi connectivity index (χ3v) is 5.67. The Balaban J connectivity index is 1.48. The molecule has 4 rings (SSSR count). The maximum absolute atomic E-state index is 12.3. The van der Waals surface area contributed by atoms with Crippen molar-refractivity contribution >= 4 is 29.0 Å². The highest BCUT2D eigenvalue weighted by Crippen LogP contribution is 2.29. The number of thioether (sulfide) groups is 1. The lowest BCUT2D eigenvalue weighted by Crippen LogP contribution is -2.16. The summed E-state index contributed by atoms with van der Waals surface area (Å²) in [5.74, 6) is -0.338. The summed E-state index contributed by atoms with van der Waals surface area (Å²) in [6, 6.07) is 12.2. The van der Waals surface area contributed by atoms with Gasteiger partial charge in [0.1, 0.15) is 5.69 Å². The number of para-hydroxylation sites is 2. The minimum absolute atomic E-state index is 0.0292. The van der Waals surface area contributed by atoms with Crippen LogP contribution in [0.3, 0.4) is 0 Å². The molecule has 1 N–H and O–H groups in total. The molecule has 0 unspecified atom stereocenters. The van der Waals surface area contributed by atoms with E-state index in [2.05, 4.69) is 26.9 Å². The number of hydrogen-bond donors (Lipinski definition) is 1. The zero-order valence-corrected chi connectivity index (χ0v) is 16.3. The van der Waals surface area contributed by atoms with Crippen molar-refractivity contribution in [1.82, 2.24) is 20.2 Å². The zero-order valence-electron chi connectivity index (χ0n) is 15.4. The topological polar surface area (TPSA) is 116 Å². The summed E-state index contributed by atoms with van der Waals surface area (Å²) in [7, 11) is 0. The average molecular weight is 410 g/mol. The molecule has 0 saturated carbocycles. The molecule has 1 amide bonds. The number of nitrogens with zero attached hydrogens (tertiary/aromatic N) is 5. The van der Waals surface area contributed by atoms with Gasteiger partial charge in [-0.1, -0.05) is 36.0 Å². The number of rotatable bonds is 6. The first kappa shape index (κ1) is 19.1. The third kappa shape index (κ3) is 4.11. The van der Waals surface area contributed by atoms with Crippen molar-refractivity contribution in [2.75, 3.05) is 11.1 Å². The van der Waals surface area contributed by atoms with Crippen LogP contribution in [0.15, 0.2) is 47.6 Å². The molecule has 0 aliphatic heterocycles. The van der Waals surface area contributed by atoms with Gasteiger partial charge in [0.25, 0.3) is 5.69 Å². The number of tetrazole rings is 1. The molecule has 29 heavy (non-hydrogen) atoms. The molecular formula is C19H18N6O3S. The Morgan fingerprint density at radius 2 is 2.00 bits per heavy atom. The highest BCUT2D eigenvalue weighted by molar-refractivity contribution is 7.99. The molecule has 2 aromatic carbocycles. The Hall–Kier alpha value is -3.27. The molecule has 0 spiro atoms. The van der Waals surface area contributed by atoms with Gasteiger partial charge in [0, 0.05) is 6.07 Å².